The second-order valence-corrected chi connectivity index (χ2v) is 23.0. The van der Waals surface area contributed by atoms with Gasteiger partial charge in [0.1, 0.15) is 11.6 Å². The Morgan fingerprint density at radius 1 is 0.588 bits per heavy atom. The highest BCUT2D eigenvalue weighted by molar-refractivity contribution is 5.88. The number of nitrogens with zero attached hydrogens (tertiary/aromatic N) is 4. The number of hydrogen-bond donors (Lipinski definition) is 4. The third-order valence-corrected chi connectivity index (χ3v) is 19.1. The van der Waals surface area contributed by atoms with Gasteiger partial charge in [-0.05, 0) is 175 Å². The van der Waals surface area contributed by atoms with E-state index in [1.165, 1.54) is 26.4 Å². The molecule has 0 radical (unpaired) electrons. The maximum Gasteiger partial charge on any atom is 0.411 e. The number of rotatable bonds is 6. The molecule has 16 heteroatoms. The first kappa shape index (κ1) is 45.7. The van der Waals surface area contributed by atoms with Crippen LogP contribution in [0.2, 0.25) is 0 Å². The van der Waals surface area contributed by atoms with Gasteiger partial charge in [-0.2, -0.15) is 0 Å². The molecule has 4 amide bonds. The fraction of sp³-hybridized carbons (Fsp3) is 0.692. The van der Waals surface area contributed by atoms with Gasteiger partial charge in [0.15, 0.2) is 0 Å². The maximum absolute atomic E-state index is 15.0. The van der Waals surface area contributed by atoms with E-state index in [1.807, 2.05) is 9.80 Å². The molecule has 4 unspecified atom stereocenters. The number of carbonyl (C=O) groups is 4. The highest BCUT2D eigenvalue weighted by Gasteiger charge is 2.64. The average Bonchev–Trinajstić information content (AvgIpc) is 3.81. The van der Waals surface area contributed by atoms with Crippen LogP contribution in [0.25, 0.3) is 0 Å². The maximum atomic E-state index is 15.0. The molecule has 2 aromatic carbocycles. The van der Waals surface area contributed by atoms with Crippen LogP contribution < -0.4 is 20.4 Å². The Morgan fingerprint density at radius 2 is 0.971 bits per heavy atom. The molecule has 4 N–H and O–H groups in total. The molecule has 14 nitrogen and oxygen atoms in total. The van der Waals surface area contributed by atoms with Gasteiger partial charge < -0.3 is 39.3 Å². The van der Waals surface area contributed by atoms with Crippen molar-refractivity contribution in [3.05, 3.63) is 48.0 Å². The van der Waals surface area contributed by atoms with Gasteiger partial charge in [-0.3, -0.25) is 20.2 Å². The molecule has 368 valence electrons. The molecular weight excluding hydrogens is 875 g/mol. The van der Waals surface area contributed by atoms with Crippen molar-refractivity contribution in [3.8, 4) is 0 Å². The number of anilines is 4. The lowest BCUT2D eigenvalue weighted by atomic mass is 9.51. The molecule has 8 bridgehead atoms. The highest BCUT2D eigenvalue weighted by Crippen LogP contribution is 2.61. The Hall–Kier alpha value is -4.70. The number of piperidine rings is 2. The van der Waals surface area contributed by atoms with Crippen molar-refractivity contribution in [1.82, 2.24) is 9.80 Å². The van der Waals surface area contributed by atoms with E-state index in [9.17, 15) is 29.4 Å². The minimum absolute atomic E-state index is 0.0783. The molecule has 6 atom stereocenters. The highest BCUT2D eigenvalue weighted by atomic mass is 19.1. The molecule has 12 aliphatic rings. The molecule has 0 aromatic heterocycles. The van der Waals surface area contributed by atoms with E-state index in [0.29, 0.717) is 84.4 Å². The average molecular weight is 943 g/mol. The van der Waals surface area contributed by atoms with Crippen molar-refractivity contribution in [3.63, 3.8) is 0 Å². The van der Waals surface area contributed by atoms with E-state index in [-0.39, 0.29) is 35.1 Å². The normalized spacial score (nSPS) is 38.6. The molecule has 4 heterocycles. The lowest BCUT2D eigenvalue weighted by molar-refractivity contribution is -0.168. The van der Waals surface area contributed by atoms with Crippen molar-refractivity contribution in [2.75, 3.05) is 73.9 Å². The molecule has 8 saturated carbocycles. The first-order valence-electron chi connectivity index (χ1n) is 25.4. The first-order valence-corrected chi connectivity index (χ1v) is 25.4. The second kappa shape index (κ2) is 17.0. The Morgan fingerprint density at radius 3 is 1.32 bits per heavy atom. The quantitative estimate of drug-likeness (QED) is 0.228. The molecule has 4 saturated heterocycles. The molecular formula is C52H68F2N6O8. The van der Waals surface area contributed by atoms with Gasteiger partial charge in [0, 0.05) is 61.7 Å². The molecule has 2 spiro atoms. The van der Waals surface area contributed by atoms with Crippen LogP contribution in [0.4, 0.5) is 41.1 Å². The van der Waals surface area contributed by atoms with Gasteiger partial charge in [0.2, 0.25) is 11.8 Å². The SMILES string of the molecule is COC(=O)Nc1ccc(N2CCC[C@@]3(CCN(C45CC6CC(C4)C(O)C(C6)C5)C3=O)C2)c(F)c1.COC(=O)Nc1ccc(N2CCC[C@@]3(CCN(C45CC6CC(C4)C(O)C(C6)C5)C3=O)C2)c(F)c1. The van der Waals surface area contributed by atoms with E-state index >= 15 is 8.78 Å². The summed E-state index contributed by atoms with van der Waals surface area (Å²) in [7, 11) is 2.53. The van der Waals surface area contributed by atoms with Crippen molar-refractivity contribution < 1.29 is 47.6 Å². The standard InChI is InChI=1S/2C26H34FN3O4/c2*1-34-24(33)28-19-3-4-21(20(27)11-19)29-7-2-5-25(15-29)6-8-30(23(25)32)26-12-16-9-17(13-26)22(31)18(10-16)14-26/h2*3-4,11,16-18,22,31H,2,5-10,12-15H2,1H3,(H,28,33)/t2*16?,17?,18?,22?,25-,26?/m11/s1. The topological polar surface area (TPSA) is 164 Å². The van der Waals surface area contributed by atoms with E-state index in [2.05, 4.69) is 29.9 Å². The van der Waals surface area contributed by atoms with Crippen molar-refractivity contribution in [1.29, 1.82) is 0 Å². The number of amides is 4. The van der Waals surface area contributed by atoms with Crippen LogP contribution in [0.15, 0.2) is 36.4 Å². The van der Waals surface area contributed by atoms with Gasteiger partial charge in [-0.15, -0.1) is 0 Å². The zero-order chi connectivity index (χ0) is 47.3. The zero-order valence-corrected chi connectivity index (χ0v) is 39.5. The van der Waals surface area contributed by atoms with Crippen LogP contribution in [0.1, 0.15) is 103 Å². The number of nitrogens with one attached hydrogen (secondary N) is 2. The molecule has 12 fully saturated rings. The van der Waals surface area contributed by atoms with Crippen LogP contribution in [-0.4, -0.2) is 121 Å². The monoisotopic (exact) mass is 943 g/mol. The summed E-state index contributed by atoms with van der Waals surface area (Å²) < 4.78 is 39.2. The van der Waals surface area contributed by atoms with Crippen LogP contribution in [0, 0.1) is 58.0 Å². The lowest BCUT2D eigenvalue weighted by Crippen LogP contribution is -2.65. The number of aliphatic hydroxyl groups is 2. The molecule has 14 rings (SSSR count). The van der Waals surface area contributed by atoms with Crippen LogP contribution in [-0.2, 0) is 19.1 Å². The van der Waals surface area contributed by atoms with Crippen LogP contribution in [0.5, 0.6) is 0 Å². The summed E-state index contributed by atoms with van der Waals surface area (Å²) in [5.41, 5.74) is 0.539. The number of methoxy groups -OCH3 is 2. The van der Waals surface area contributed by atoms with E-state index < -0.39 is 34.7 Å². The summed E-state index contributed by atoms with van der Waals surface area (Å²) in [6.07, 6.45) is 13.7. The van der Waals surface area contributed by atoms with Crippen LogP contribution >= 0.6 is 0 Å². The summed E-state index contributed by atoms with van der Waals surface area (Å²) in [6, 6.07) is 9.29. The van der Waals surface area contributed by atoms with Gasteiger partial charge >= 0.3 is 12.2 Å². The largest absolute Gasteiger partial charge is 0.453 e. The van der Waals surface area contributed by atoms with Gasteiger partial charge in [-0.1, -0.05) is 0 Å². The summed E-state index contributed by atoms with van der Waals surface area (Å²) >= 11 is 0. The van der Waals surface area contributed by atoms with Crippen molar-refractivity contribution in [2.45, 2.75) is 126 Å². The predicted molar refractivity (Wildman–Crippen MR) is 250 cm³/mol. The Bertz CT molecular complexity index is 2160. The van der Waals surface area contributed by atoms with Gasteiger partial charge in [0.25, 0.3) is 0 Å². The van der Waals surface area contributed by atoms with E-state index in [0.717, 1.165) is 116 Å². The Balaban J connectivity index is 0.000000149. The molecule has 4 aliphatic heterocycles. The summed E-state index contributed by atoms with van der Waals surface area (Å²) in [5.74, 6) is 2.30. The summed E-state index contributed by atoms with van der Waals surface area (Å²) in [5, 5.41) is 26.4. The fourth-order valence-corrected chi connectivity index (χ4v) is 16.6. The predicted octanol–water partition coefficient (Wildman–Crippen LogP) is 7.53. The molecule has 8 aliphatic carbocycles. The number of halogens is 2. The first-order chi connectivity index (χ1) is 32.6. The lowest BCUT2D eigenvalue weighted by Gasteiger charge is -2.61. The number of likely N-dealkylation sites (tertiary alicyclic amines) is 2. The summed E-state index contributed by atoms with van der Waals surface area (Å²) in [6.45, 7) is 4.02. The third-order valence-electron chi connectivity index (χ3n) is 19.1. The molecule has 68 heavy (non-hydrogen) atoms. The van der Waals surface area contributed by atoms with E-state index in [4.69, 9.17) is 0 Å². The molecule has 2 aromatic rings. The number of carbonyl (C=O) groups excluding carboxylic acids is 4. The fourth-order valence-electron chi connectivity index (χ4n) is 16.6. The Kier molecular flexibility index (Phi) is 11.4. The minimum atomic E-state index is -0.641. The van der Waals surface area contributed by atoms with Crippen LogP contribution in [0.3, 0.4) is 0 Å². The summed E-state index contributed by atoms with van der Waals surface area (Å²) in [4.78, 5) is 59.4. The minimum Gasteiger partial charge on any atom is -0.453 e. The number of aliphatic hydroxyl groups excluding tert-OH is 2. The Labute approximate surface area is 397 Å². The third kappa shape index (κ3) is 7.60. The van der Waals surface area contributed by atoms with Gasteiger partial charge in [-0.25, -0.2) is 18.4 Å². The zero-order valence-electron chi connectivity index (χ0n) is 39.5. The van der Waals surface area contributed by atoms with Crippen molar-refractivity contribution >= 4 is 46.8 Å². The van der Waals surface area contributed by atoms with Crippen molar-refractivity contribution in [2.24, 2.45) is 46.3 Å². The number of benzene rings is 2. The van der Waals surface area contributed by atoms with Gasteiger partial charge in [0.05, 0.1) is 48.6 Å². The number of hydrogen-bond acceptors (Lipinski definition) is 10. The second-order valence-electron chi connectivity index (χ2n) is 23.0. The van der Waals surface area contributed by atoms with E-state index in [1.54, 1.807) is 24.3 Å². The number of ether oxygens (including phenoxy) is 2. The smallest absolute Gasteiger partial charge is 0.411 e.